The molecule has 0 amide bonds. The van der Waals surface area contributed by atoms with Gasteiger partial charge in [0, 0.05) is 12.1 Å². The third kappa shape index (κ3) is 7.16. The van der Waals surface area contributed by atoms with Crippen molar-refractivity contribution in [3.05, 3.63) is 71.3 Å². The van der Waals surface area contributed by atoms with Gasteiger partial charge in [-0.1, -0.05) is 48.2 Å². The topological polar surface area (TPSA) is 56.7 Å². The molecule has 0 radical (unpaired) electrons. The van der Waals surface area contributed by atoms with Gasteiger partial charge in [0.1, 0.15) is 5.60 Å². The molecular weight excluding hydrogens is 379 g/mol. The molecule has 2 aromatic carbocycles. The lowest BCUT2D eigenvalue weighted by Crippen LogP contribution is -2.39. The van der Waals surface area contributed by atoms with E-state index in [1.165, 1.54) is 12.1 Å². The molecule has 3 N–H and O–H groups in total. The summed E-state index contributed by atoms with van der Waals surface area (Å²) in [6.45, 7) is 4.52. The number of benzene rings is 2. The normalized spacial score (nSPS) is 13.8. The van der Waals surface area contributed by atoms with E-state index in [-0.39, 0.29) is 18.7 Å². The smallest absolute Gasteiger partial charge is 0.384 e. The van der Waals surface area contributed by atoms with Gasteiger partial charge in [-0.15, -0.1) is 0 Å². The van der Waals surface area contributed by atoms with E-state index in [2.05, 4.69) is 27.5 Å². The standard InChI is InChI=1S/C22H24F3N3O/c1-3-26-20(28-16-21(2,29)18-11-5-4-6-12-18)27-14-8-10-17-9-7-13-19(15-17)22(23,24)25/h4-7,9,11-13,15,29H,3,14,16H2,1-2H3,(H2,26,27,28). The van der Waals surface area contributed by atoms with Crippen LogP contribution in [0.15, 0.2) is 59.6 Å². The maximum Gasteiger partial charge on any atom is 0.416 e. The van der Waals surface area contributed by atoms with Crippen LogP contribution in [0.1, 0.15) is 30.5 Å². The van der Waals surface area contributed by atoms with Crippen LogP contribution in [0.5, 0.6) is 0 Å². The summed E-state index contributed by atoms with van der Waals surface area (Å²) < 4.78 is 38.2. The predicted octanol–water partition coefficient (Wildman–Crippen LogP) is 3.52. The minimum atomic E-state index is -4.39. The molecule has 4 nitrogen and oxygen atoms in total. The van der Waals surface area contributed by atoms with Crippen molar-refractivity contribution in [2.75, 3.05) is 19.6 Å². The molecular formula is C22H24F3N3O. The fourth-order valence-electron chi connectivity index (χ4n) is 2.51. The summed E-state index contributed by atoms with van der Waals surface area (Å²) in [7, 11) is 0. The molecule has 0 spiro atoms. The largest absolute Gasteiger partial charge is 0.416 e. The molecule has 0 saturated heterocycles. The Bertz CT molecular complexity index is 881. The first-order valence-corrected chi connectivity index (χ1v) is 9.18. The second-order valence-electron chi connectivity index (χ2n) is 6.57. The van der Waals surface area contributed by atoms with Crippen LogP contribution in [0.4, 0.5) is 13.2 Å². The van der Waals surface area contributed by atoms with Crippen molar-refractivity contribution in [1.29, 1.82) is 0 Å². The fraction of sp³-hybridized carbons (Fsp3) is 0.318. The Kier molecular flexibility index (Phi) is 7.68. The van der Waals surface area contributed by atoms with E-state index >= 15 is 0 Å². The number of hydrogen-bond donors (Lipinski definition) is 3. The quantitative estimate of drug-likeness (QED) is 0.407. The third-order valence-electron chi connectivity index (χ3n) is 4.05. The Hall–Kier alpha value is -2.98. The summed E-state index contributed by atoms with van der Waals surface area (Å²) in [4.78, 5) is 4.38. The first kappa shape index (κ1) is 22.3. The van der Waals surface area contributed by atoms with Gasteiger partial charge in [-0.05, 0) is 37.6 Å². The van der Waals surface area contributed by atoms with Gasteiger partial charge < -0.3 is 15.7 Å². The van der Waals surface area contributed by atoms with Gasteiger partial charge in [-0.2, -0.15) is 13.2 Å². The number of halogens is 3. The Labute approximate surface area is 168 Å². The van der Waals surface area contributed by atoms with Crippen LogP contribution in [0, 0.1) is 11.8 Å². The average Bonchev–Trinajstić information content (AvgIpc) is 2.69. The molecule has 29 heavy (non-hydrogen) atoms. The molecule has 154 valence electrons. The van der Waals surface area contributed by atoms with Crippen LogP contribution < -0.4 is 10.6 Å². The van der Waals surface area contributed by atoms with E-state index in [9.17, 15) is 18.3 Å². The number of alkyl halides is 3. The highest BCUT2D eigenvalue weighted by Crippen LogP contribution is 2.29. The van der Waals surface area contributed by atoms with E-state index in [0.29, 0.717) is 12.5 Å². The molecule has 1 unspecified atom stereocenters. The summed E-state index contributed by atoms with van der Waals surface area (Å²) in [5.74, 6) is 5.95. The lowest BCUT2D eigenvalue weighted by atomic mass is 9.96. The van der Waals surface area contributed by atoms with Gasteiger partial charge in [0.15, 0.2) is 5.96 Å². The van der Waals surface area contributed by atoms with E-state index in [1.807, 2.05) is 37.3 Å². The molecule has 0 aliphatic rings. The van der Waals surface area contributed by atoms with Crippen molar-refractivity contribution in [2.45, 2.75) is 25.6 Å². The SMILES string of the molecule is CCNC(=NCC(C)(O)c1ccccc1)NCC#Cc1cccc(C(F)(F)F)c1. The van der Waals surface area contributed by atoms with Crippen molar-refractivity contribution in [1.82, 2.24) is 10.6 Å². The molecule has 0 aliphatic carbocycles. The molecule has 2 rings (SSSR count). The zero-order valence-electron chi connectivity index (χ0n) is 16.3. The highest BCUT2D eigenvalue weighted by atomic mass is 19.4. The second kappa shape index (κ2) is 9.99. The first-order valence-electron chi connectivity index (χ1n) is 9.18. The van der Waals surface area contributed by atoms with Crippen LogP contribution >= 0.6 is 0 Å². The van der Waals surface area contributed by atoms with E-state index in [4.69, 9.17) is 0 Å². The molecule has 2 aromatic rings. The first-order chi connectivity index (χ1) is 13.7. The van der Waals surface area contributed by atoms with Crippen LogP contribution in [-0.2, 0) is 11.8 Å². The molecule has 0 aromatic heterocycles. The van der Waals surface area contributed by atoms with E-state index in [0.717, 1.165) is 17.7 Å². The summed E-state index contributed by atoms with van der Waals surface area (Å²) >= 11 is 0. The Morgan fingerprint density at radius 1 is 1.03 bits per heavy atom. The van der Waals surface area contributed by atoms with Gasteiger partial charge >= 0.3 is 6.18 Å². The number of nitrogens with one attached hydrogen (secondary N) is 2. The monoisotopic (exact) mass is 403 g/mol. The van der Waals surface area contributed by atoms with Crippen molar-refractivity contribution >= 4 is 5.96 Å². The molecule has 7 heteroatoms. The van der Waals surface area contributed by atoms with Crippen LogP contribution in [0.25, 0.3) is 0 Å². The minimum absolute atomic E-state index is 0.132. The van der Waals surface area contributed by atoms with Crippen molar-refractivity contribution in [3.8, 4) is 11.8 Å². The maximum atomic E-state index is 12.7. The number of guanidine groups is 1. The van der Waals surface area contributed by atoms with Crippen LogP contribution in [0.2, 0.25) is 0 Å². The second-order valence-corrected chi connectivity index (χ2v) is 6.57. The molecule has 0 fully saturated rings. The fourth-order valence-corrected chi connectivity index (χ4v) is 2.51. The van der Waals surface area contributed by atoms with Gasteiger partial charge in [-0.25, -0.2) is 4.99 Å². The summed E-state index contributed by atoms with van der Waals surface area (Å²) in [6.07, 6.45) is -4.39. The molecule has 0 bridgehead atoms. The maximum absolute atomic E-state index is 12.7. The molecule has 0 saturated carbocycles. The Morgan fingerprint density at radius 3 is 2.38 bits per heavy atom. The number of rotatable bonds is 5. The van der Waals surface area contributed by atoms with E-state index < -0.39 is 17.3 Å². The highest BCUT2D eigenvalue weighted by molar-refractivity contribution is 5.80. The molecule has 0 aliphatic heterocycles. The zero-order valence-corrected chi connectivity index (χ0v) is 16.3. The number of aliphatic imine (C=N–C) groups is 1. The third-order valence-corrected chi connectivity index (χ3v) is 4.05. The summed E-state index contributed by atoms with van der Waals surface area (Å²) in [6, 6.07) is 14.1. The molecule has 0 heterocycles. The Balaban J connectivity index is 2.00. The Morgan fingerprint density at radius 2 is 1.72 bits per heavy atom. The summed E-state index contributed by atoms with van der Waals surface area (Å²) in [5, 5.41) is 16.7. The van der Waals surface area contributed by atoms with Crippen molar-refractivity contribution in [2.24, 2.45) is 4.99 Å². The van der Waals surface area contributed by atoms with Crippen LogP contribution in [-0.4, -0.2) is 30.7 Å². The van der Waals surface area contributed by atoms with Gasteiger partial charge in [0.25, 0.3) is 0 Å². The number of hydrogen-bond acceptors (Lipinski definition) is 2. The van der Waals surface area contributed by atoms with Gasteiger partial charge in [0.05, 0.1) is 18.7 Å². The minimum Gasteiger partial charge on any atom is -0.384 e. The lowest BCUT2D eigenvalue weighted by Gasteiger charge is -2.22. The van der Waals surface area contributed by atoms with Crippen molar-refractivity contribution < 1.29 is 18.3 Å². The number of aliphatic hydroxyl groups is 1. The molecule has 1 atom stereocenters. The zero-order chi connectivity index (χ0) is 21.3. The summed E-state index contributed by atoms with van der Waals surface area (Å²) in [5.41, 5.74) is -0.817. The van der Waals surface area contributed by atoms with E-state index in [1.54, 1.807) is 6.92 Å². The van der Waals surface area contributed by atoms with Crippen LogP contribution in [0.3, 0.4) is 0 Å². The lowest BCUT2D eigenvalue weighted by molar-refractivity contribution is -0.137. The predicted molar refractivity (Wildman–Crippen MR) is 108 cm³/mol. The van der Waals surface area contributed by atoms with Gasteiger partial charge in [0.2, 0.25) is 0 Å². The number of nitrogens with zero attached hydrogens (tertiary/aromatic N) is 1. The average molecular weight is 403 g/mol. The van der Waals surface area contributed by atoms with Gasteiger partial charge in [-0.3, -0.25) is 0 Å². The highest BCUT2D eigenvalue weighted by Gasteiger charge is 2.30. The van der Waals surface area contributed by atoms with Crippen molar-refractivity contribution in [3.63, 3.8) is 0 Å².